The van der Waals surface area contributed by atoms with E-state index >= 15 is 0 Å². The SMILES string of the molecule is CCC(c1ccccc1)C(C)CC=O. The van der Waals surface area contributed by atoms with E-state index in [1.54, 1.807) is 0 Å². The molecule has 0 N–H and O–H groups in total. The Bertz CT molecular complexity index is 266. The molecule has 0 aliphatic heterocycles. The third kappa shape index (κ3) is 2.69. The first kappa shape index (κ1) is 11.0. The molecule has 76 valence electrons. The summed E-state index contributed by atoms with van der Waals surface area (Å²) in [6.07, 6.45) is 2.78. The van der Waals surface area contributed by atoms with E-state index in [0.717, 1.165) is 12.7 Å². The van der Waals surface area contributed by atoms with Crippen molar-refractivity contribution in [3.05, 3.63) is 35.9 Å². The summed E-state index contributed by atoms with van der Waals surface area (Å²) in [6, 6.07) is 10.4. The maximum absolute atomic E-state index is 10.5. The molecule has 0 radical (unpaired) electrons. The number of aldehydes is 1. The maximum atomic E-state index is 10.5. The van der Waals surface area contributed by atoms with E-state index in [4.69, 9.17) is 0 Å². The number of rotatable bonds is 5. The summed E-state index contributed by atoms with van der Waals surface area (Å²) >= 11 is 0. The molecule has 1 rings (SSSR count). The largest absolute Gasteiger partial charge is 0.303 e. The molecule has 0 aliphatic carbocycles. The fourth-order valence-corrected chi connectivity index (χ4v) is 1.98. The number of hydrogen-bond acceptors (Lipinski definition) is 1. The molecule has 14 heavy (non-hydrogen) atoms. The van der Waals surface area contributed by atoms with Crippen molar-refractivity contribution in [1.29, 1.82) is 0 Å². The van der Waals surface area contributed by atoms with Crippen LogP contribution >= 0.6 is 0 Å². The van der Waals surface area contributed by atoms with Gasteiger partial charge in [0.05, 0.1) is 0 Å². The standard InChI is InChI=1S/C13H18O/c1-3-13(11(2)9-10-14)12-7-5-4-6-8-12/h4-8,10-11,13H,3,9H2,1-2H3. The predicted molar refractivity (Wildman–Crippen MR) is 59.3 cm³/mol. The molecule has 0 aliphatic rings. The topological polar surface area (TPSA) is 17.1 Å². The molecule has 1 nitrogen and oxygen atoms in total. The summed E-state index contributed by atoms with van der Waals surface area (Å²) in [4.78, 5) is 10.5. The van der Waals surface area contributed by atoms with Crippen LogP contribution in [0.25, 0.3) is 0 Å². The monoisotopic (exact) mass is 190 g/mol. The highest BCUT2D eigenvalue weighted by Crippen LogP contribution is 2.29. The smallest absolute Gasteiger partial charge is 0.120 e. The molecule has 0 heterocycles. The third-order valence-electron chi connectivity index (χ3n) is 2.82. The maximum Gasteiger partial charge on any atom is 0.120 e. The minimum atomic E-state index is 0.444. The summed E-state index contributed by atoms with van der Waals surface area (Å²) in [7, 11) is 0. The van der Waals surface area contributed by atoms with Gasteiger partial charge in [0.1, 0.15) is 6.29 Å². The van der Waals surface area contributed by atoms with Crippen LogP contribution in [0.5, 0.6) is 0 Å². The normalized spacial score (nSPS) is 14.7. The second-order valence-corrected chi connectivity index (χ2v) is 3.81. The molecule has 0 bridgehead atoms. The van der Waals surface area contributed by atoms with Crippen LogP contribution < -0.4 is 0 Å². The highest BCUT2D eigenvalue weighted by atomic mass is 16.1. The van der Waals surface area contributed by atoms with Crippen LogP contribution in [0.3, 0.4) is 0 Å². The lowest BCUT2D eigenvalue weighted by atomic mass is 9.84. The zero-order valence-corrected chi connectivity index (χ0v) is 8.94. The first-order chi connectivity index (χ1) is 6.79. The molecular weight excluding hydrogens is 172 g/mol. The van der Waals surface area contributed by atoms with E-state index in [1.165, 1.54) is 5.56 Å². The molecule has 1 heteroatoms. The summed E-state index contributed by atoms with van der Waals surface area (Å²) in [6.45, 7) is 4.33. The minimum Gasteiger partial charge on any atom is -0.303 e. The van der Waals surface area contributed by atoms with Gasteiger partial charge < -0.3 is 4.79 Å². The van der Waals surface area contributed by atoms with Crippen molar-refractivity contribution in [2.24, 2.45) is 5.92 Å². The van der Waals surface area contributed by atoms with Crippen LogP contribution in [0.4, 0.5) is 0 Å². The van der Waals surface area contributed by atoms with Crippen molar-refractivity contribution in [1.82, 2.24) is 0 Å². The van der Waals surface area contributed by atoms with Crippen molar-refractivity contribution in [3.8, 4) is 0 Å². The van der Waals surface area contributed by atoms with E-state index in [-0.39, 0.29) is 0 Å². The van der Waals surface area contributed by atoms with Crippen molar-refractivity contribution >= 4 is 6.29 Å². The van der Waals surface area contributed by atoms with Gasteiger partial charge in [0, 0.05) is 6.42 Å². The zero-order valence-electron chi connectivity index (χ0n) is 8.94. The Kier molecular flexibility index (Phi) is 4.37. The van der Waals surface area contributed by atoms with Gasteiger partial charge in [-0.1, -0.05) is 44.2 Å². The highest BCUT2D eigenvalue weighted by molar-refractivity contribution is 5.50. The van der Waals surface area contributed by atoms with Crippen LogP contribution in [0, 0.1) is 5.92 Å². The molecule has 0 fully saturated rings. The second kappa shape index (κ2) is 5.58. The molecule has 0 saturated carbocycles. The lowest BCUT2D eigenvalue weighted by molar-refractivity contribution is -0.108. The van der Waals surface area contributed by atoms with Crippen LogP contribution in [-0.4, -0.2) is 6.29 Å². The van der Waals surface area contributed by atoms with Gasteiger partial charge in [0.25, 0.3) is 0 Å². The van der Waals surface area contributed by atoms with Gasteiger partial charge in [-0.25, -0.2) is 0 Å². The summed E-state index contributed by atoms with van der Waals surface area (Å²) in [5.74, 6) is 0.960. The Morgan fingerprint density at radius 2 is 1.93 bits per heavy atom. The zero-order chi connectivity index (χ0) is 10.4. The second-order valence-electron chi connectivity index (χ2n) is 3.81. The molecule has 2 atom stereocenters. The van der Waals surface area contributed by atoms with Crippen molar-refractivity contribution in [2.45, 2.75) is 32.6 Å². The molecule has 0 saturated heterocycles. The number of carbonyl (C=O) groups is 1. The molecule has 1 aromatic carbocycles. The molecule has 0 spiro atoms. The van der Waals surface area contributed by atoms with Gasteiger partial charge >= 0.3 is 0 Å². The number of benzene rings is 1. The van der Waals surface area contributed by atoms with Gasteiger partial charge in [-0.2, -0.15) is 0 Å². The number of hydrogen-bond donors (Lipinski definition) is 0. The third-order valence-corrected chi connectivity index (χ3v) is 2.82. The summed E-state index contributed by atoms with van der Waals surface area (Å²) < 4.78 is 0. The van der Waals surface area contributed by atoms with Crippen molar-refractivity contribution < 1.29 is 4.79 Å². The van der Waals surface area contributed by atoms with Gasteiger partial charge in [-0.05, 0) is 23.8 Å². The number of carbonyl (C=O) groups excluding carboxylic acids is 1. The Morgan fingerprint density at radius 3 is 2.43 bits per heavy atom. The molecule has 2 unspecified atom stereocenters. The van der Waals surface area contributed by atoms with Crippen molar-refractivity contribution in [2.75, 3.05) is 0 Å². The first-order valence-electron chi connectivity index (χ1n) is 5.28. The van der Waals surface area contributed by atoms with Gasteiger partial charge in [-0.15, -0.1) is 0 Å². The van der Waals surface area contributed by atoms with E-state index < -0.39 is 0 Å². The molecule has 1 aromatic rings. The molecule has 0 aromatic heterocycles. The fraction of sp³-hybridized carbons (Fsp3) is 0.462. The van der Waals surface area contributed by atoms with Gasteiger partial charge in [0.2, 0.25) is 0 Å². The Labute approximate surface area is 86.1 Å². The van der Waals surface area contributed by atoms with Crippen LogP contribution in [-0.2, 0) is 4.79 Å². The Morgan fingerprint density at radius 1 is 1.29 bits per heavy atom. The quantitative estimate of drug-likeness (QED) is 0.650. The van der Waals surface area contributed by atoms with Crippen LogP contribution in [0.15, 0.2) is 30.3 Å². The average molecular weight is 190 g/mol. The van der Waals surface area contributed by atoms with E-state index in [0.29, 0.717) is 18.3 Å². The van der Waals surface area contributed by atoms with E-state index in [1.807, 2.05) is 6.07 Å². The van der Waals surface area contributed by atoms with E-state index in [9.17, 15) is 4.79 Å². The van der Waals surface area contributed by atoms with Gasteiger partial charge in [0.15, 0.2) is 0 Å². The predicted octanol–water partition coefficient (Wildman–Crippen LogP) is 3.41. The van der Waals surface area contributed by atoms with Crippen molar-refractivity contribution in [3.63, 3.8) is 0 Å². The lowest BCUT2D eigenvalue weighted by Crippen LogP contribution is -2.09. The van der Waals surface area contributed by atoms with Gasteiger partial charge in [-0.3, -0.25) is 0 Å². The highest BCUT2D eigenvalue weighted by Gasteiger charge is 2.16. The van der Waals surface area contributed by atoms with Crippen LogP contribution in [0.2, 0.25) is 0 Å². The minimum absolute atomic E-state index is 0.444. The first-order valence-corrected chi connectivity index (χ1v) is 5.28. The van der Waals surface area contributed by atoms with E-state index in [2.05, 4.69) is 38.1 Å². The summed E-state index contributed by atoms with van der Waals surface area (Å²) in [5, 5.41) is 0. The molecular formula is C13H18O. The van der Waals surface area contributed by atoms with Crippen LogP contribution in [0.1, 0.15) is 38.2 Å². The average Bonchev–Trinajstić information content (AvgIpc) is 2.21. The Hall–Kier alpha value is -1.11. The fourth-order valence-electron chi connectivity index (χ4n) is 1.98. The summed E-state index contributed by atoms with van der Waals surface area (Å²) in [5.41, 5.74) is 1.35. The Balaban J connectivity index is 2.76. The lowest BCUT2D eigenvalue weighted by Gasteiger charge is -2.21. The molecule has 0 amide bonds.